The lowest BCUT2D eigenvalue weighted by Gasteiger charge is -2.09. The van der Waals surface area contributed by atoms with Gasteiger partial charge in [0.2, 0.25) is 0 Å². The van der Waals surface area contributed by atoms with E-state index in [1.165, 1.54) is 18.2 Å². The number of benzene rings is 2. The number of nitro groups is 1. The number of aromatic amines is 1. The van der Waals surface area contributed by atoms with E-state index in [2.05, 4.69) is 9.71 Å². The van der Waals surface area contributed by atoms with Crippen LogP contribution < -0.4 is 4.72 Å². The summed E-state index contributed by atoms with van der Waals surface area (Å²) in [6.45, 7) is 0. The number of anilines is 1. The molecule has 0 atom stereocenters. The van der Waals surface area contributed by atoms with Gasteiger partial charge in [-0.2, -0.15) is 0 Å². The van der Waals surface area contributed by atoms with Gasteiger partial charge in [-0.3, -0.25) is 14.8 Å². The lowest BCUT2D eigenvalue weighted by Crippen LogP contribution is -2.13. The maximum atomic E-state index is 12.4. The molecule has 0 amide bonds. The van der Waals surface area contributed by atoms with Crippen LogP contribution in [0.3, 0.4) is 0 Å². The third-order valence-corrected chi connectivity index (χ3v) is 4.54. The highest BCUT2D eigenvalue weighted by atomic mass is 32.2. The normalized spacial score (nSPS) is 11.5. The Kier molecular flexibility index (Phi) is 3.30. The Morgan fingerprint density at radius 2 is 1.86 bits per heavy atom. The van der Waals surface area contributed by atoms with Crippen molar-refractivity contribution in [1.82, 2.24) is 4.98 Å². The summed E-state index contributed by atoms with van der Waals surface area (Å²) in [6, 6.07) is 11.8. The number of H-pyrrole nitrogens is 1. The van der Waals surface area contributed by atoms with E-state index in [0.29, 0.717) is 5.69 Å². The fourth-order valence-electron chi connectivity index (χ4n) is 2.14. The first-order chi connectivity index (χ1) is 10.5. The van der Waals surface area contributed by atoms with Gasteiger partial charge >= 0.3 is 0 Å². The van der Waals surface area contributed by atoms with E-state index in [1.54, 1.807) is 24.4 Å². The predicted octanol–water partition coefficient (Wildman–Crippen LogP) is 2.88. The smallest absolute Gasteiger partial charge is 0.270 e. The third kappa shape index (κ3) is 2.51. The van der Waals surface area contributed by atoms with E-state index in [1.807, 2.05) is 6.07 Å². The molecule has 1 heterocycles. The topological polar surface area (TPSA) is 105 Å². The van der Waals surface area contributed by atoms with Gasteiger partial charge in [0.1, 0.15) is 0 Å². The fraction of sp³-hybridized carbons (Fsp3) is 0. The van der Waals surface area contributed by atoms with Gasteiger partial charge in [-0.15, -0.1) is 0 Å². The van der Waals surface area contributed by atoms with E-state index in [-0.39, 0.29) is 10.6 Å². The van der Waals surface area contributed by atoms with E-state index in [9.17, 15) is 18.5 Å². The molecule has 0 spiro atoms. The van der Waals surface area contributed by atoms with E-state index in [4.69, 9.17) is 0 Å². The molecule has 7 nitrogen and oxygen atoms in total. The molecule has 2 N–H and O–H groups in total. The van der Waals surface area contributed by atoms with Gasteiger partial charge in [-0.25, -0.2) is 8.42 Å². The Hall–Kier alpha value is -2.87. The second-order valence-corrected chi connectivity index (χ2v) is 6.29. The first kappa shape index (κ1) is 14.1. The number of sulfonamides is 1. The molecule has 0 bridgehead atoms. The van der Waals surface area contributed by atoms with Crippen molar-refractivity contribution in [2.75, 3.05) is 4.72 Å². The van der Waals surface area contributed by atoms with Crippen LogP contribution in [0.15, 0.2) is 59.6 Å². The van der Waals surface area contributed by atoms with Crippen LogP contribution in [-0.2, 0) is 10.0 Å². The maximum Gasteiger partial charge on any atom is 0.270 e. The molecule has 1 aromatic heterocycles. The van der Waals surface area contributed by atoms with Gasteiger partial charge in [-0.1, -0.05) is 12.1 Å². The second-order valence-electron chi connectivity index (χ2n) is 4.60. The van der Waals surface area contributed by atoms with E-state index < -0.39 is 14.9 Å². The zero-order chi connectivity index (χ0) is 15.7. The minimum atomic E-state index is -3.91. The van der Waals surface area contributed by atoms with Crippen molar-refractivity contribution in [3.63, 3.8) is 0 Å². The molecule has 0 saturated heterocycles. The van der Waals surface area contributed by atoms with Crippen LogP contribution >= 0.6 is 0 Å². The van der Waals surface area contributed by atoms with Crippen molar-refractivity contribution >= 4 is 32.3 Å². The highest BCUT2D eigenvalue weighted by Gasteiger charge is 2.18. The summed E-state index contributed by atoms with van der Waals surface area (Å²) in [5.41, 5.74) is 0.923. The Bertz CT molecular complexity index is 963. The quantitative estimate of drug-likeness (QED) is 0.570. The molecule has 112 valence electrons. The van der Waals surface area contributed by atoms with Crippen LogP contribution in [0.25, 0.3) is 10.9 Å². The van der Waals surface area contributed by atoms with Gasteiger partial charge in [0, 0.05) is 29.2 Å². The maximum absolute atomic E-state index is 12.4. The van der Waals surface area contributed by atoms with Crippen LogP contribution in [0, 0.1) is 10.1 Å². The molecule has 3 aromatic rings. The fourth-order valence-corrected chi connectivity index (χ4v) is 3.26. The largest absolute Gasteiger partial charge is 0.361 e. The highest BCUT2D eigenvalue weighted by molar-refractivity contribution is 7.92. The summed E-state index contributed by atoms with van der Waals surface area (Å²) in [6.07, 6.45) is 1.70. The van der Waals surface area contributed by atoms with Gasteiger partial charge < -0.3 is 4.98 Å². The number of fused-ring (bicyclic) bond motifs is 1. The highest BCUT2D eigenvalue weighted by Crippen LogP contribution is 2.26. The molecule has 0 aliphatic rings. The van der Waals surface area contributed by atoms with E-state index >= 15 is 0 Å². The zero-order valence-corrected chi connectivity index (χ0v) is 12.0. The monoisotopic (exact) mass is 317 g/mol. The Balaban J connectivity index is 2.02. The minimum Gasteiger partial charge on any atom is -0.361 e. The molecule has 0 radical (unpaired) electrons. The summed E-state index contributed by atoms with van der Waals surface area (Å²) >= 11 is 0. The van der Waals surface area contributed by atoms with Gasteiger partial charge in [0.25, 0.3) is 15.7 Å². The molecule has 3 rings (SSSR count). The minimum absolute atomic E-state index is 0.158. The SMILES string of the molecule is O=[N+]([O-])c1cccc(S(=O)(=O)Nc2cccc3[nH]ccc23)c1. The van der Waals surface area contributed by atoms with Crippen molar-refractivity contribution in [2.24, 2.45) is 0 Å². The predicted molar refractivity (Wildman–Crippen MR) is 82.2 cm³/mol. The number of nitro benzene ring substituents is 1. The summed E-state index contributed by atoms with van der Waals surface area (Å²) < 4.78 is 27.3. The number of rotatable bonds is 4. The van der Waals surface area contributed by atoms with E-state index in [0.717, 1.165) is 17.0 Å². The van der Waals surface area contributed by atoms with Crippen molar-refractivity contribution in [3.05, 3.63) is 64.8 Å². The summed E-state index contributed by atoms with van der Waals surface area (Å²) in [5.74, 6) is 0. The number of aromatic nitrogens is 1. The molecule has 0 aliphatic heterocycles. The number of nitrogens with zero attached hydrogens (tertiary/aromatic N) is 1. The number of non-ortho nitro benzene ring substituents is 1. The van der Waals surface area contributed by atoms with Gasteiger partial charge in [0.05, 0.1) is 15.5 Å². The Morgan fingerprint density at radius 3 is 2.64 bits per heavy atom. The van der Waals surface area contributed by atoms with Crippen molar-refractivity contribution in [1.29, 1.82) is 0 Å². The third-order valence-electron chi connectivity index (χ3n) is 3.18. The van der Waals surface area contributed by atoms with Crippen LogP contribution in [-0.4, -0.2) is 18.3 Å². The van der Waals surface area contributed by atoms with Crippen molar-refractivity contribution in [2.45, 2.75) is 4.90 Å². The first-order valence-electron chi connectivity index (χ1n) is 6.31. The Morgan fingerprint density at radius 1 is 1.09 bits per heavy atom. The molecule has 2 aromatic carbocycles. The average Bonchev–Trinajstić information content (AvgIpc) is 2.97. The molecule has 0 fully saturated rings. The van der Waals surface area contributed by atoms with Crippen LogP contribution in [0.4, 0.5) is 11.4 Å². The zero-order valence-electron chi connectivity index (χ0n) is 11.2. The number of hydrogen-bond donors (Lipinski definition) is 2. The van der Waals surface area contributed by atoms with Gasteiger partial charge in [-0.05, 0) is 24.3 Å². The summed E-state index contributed by atoms with van der Waals surface area (Å²) in [7, 11) is -3.91. The van der Waals surface area contributed by atoms with Crippen LogP contribution in [0.2, 0.25) is 0 Å². The van der Waals surface area contributed by atoms with Crippen molar-refractivity contribution in [3.8, 4) is 0 Å². The lowest BCUT2D eigenvalue weighted by molar-refractivity contribution is -0.385. The standard InChI is InChI=1S/C14H11N3O4S/c18-17(19)10-3-1-4-11(9-10)22(20,21)16-14-6-2-5-13-12(14)7-8-15-13/h1-9,15-16H. The Labute approximate surface area is 125 Å². The molecule has 22 heavy (non-hydrogen) atoms. The molecule has 8 heteroatoms. The number of hydrogen-bond acceptors (Lipinski definition) is 4. The van der Waals surface area contributed by atoms with Crippen LogP contribution in [0.1, 0.15) is 0 Å². The average molecular weight is 317 g/mol. The molecule has 0 aliphatic carbocycles. The van der Waals surface area contributed by atoms with Crippen LogP contribution in [0.5, 0.6) is 0 Å². The summed E-state index contributed by atoms with van der Waals surface area (Å²) in [5, 5.41) is 11.5. The van der Waals surface area contributed by atoms with Crippen molar-refractivity contribution < 1.29 is 13.3 Å². The molecular formula is C14H11N3O4S. The number of nitrogens with one attached hydrogen (secondary N) is 2. The molecule has 0 saturated carbocycles. The molecular weight excluding hydrogens is 306 g/mol. The molecule has 0 unspecified atom stereocenters. The second kappa shape index (κ2) is 5.15. The summed E-state index contributed by atoms with van der Waals surface area (Å²) in [4.78, 5) is 13.0. The first-order valence-corrected chi connectivity index (χ1v) is 7.79. The lowest BCUT2D eigenvalue weighted by atomic mass is 10.2. The van der Waals surface area contributed by atoms with Gasteiger partial charge in [0.15, 0.2) is 0 Å².